The molecule has 0 aromatic heterocycles. The van der Waals surface area contributed by atoms with Crippen molar-refractivity contribution in [2.24, 2.45) is 0 Å². The van der Waals surface area contributed by atoms with Gasteiger partial charge in [-0.1, -0.05) is 295 Å². The molecular weight excluding hydrogens is 997 g/mol. The molecule has 0 fully saturated rings. The lowest BCUT2D eigenvalue weighted by atomic mass is 10.0. The quantitative estimate of drug-likeness (QED) is 0.0261. The molecule has 0 radical (unpaired) electrons. The molecule has 0 aliphatic rings. The fourth-order valence-electron chi connectivity index (χ4n) is 8.92. The number of carbonyl (C=O) groups excluding carboxylic acids is 3. The van der Waals surface area contributed by atoms with Crippen molar-refractivity contribution in [1.29, 1.82) is 0 Å². The van der Waals surface area contributed by atoms with Crippen LogP contribution in [0.4, 0.5) is 0 Å². The lowest BCUT2D eigenvalue weighted by molar-refractivity contribution is -0.167. The second-order valence-electron chi connectivity index (χ2n) is 21.6. The molecule has 0 aromatic carbocycles. The van der Waals surface area contributed by atoms with Crippen LogP contribution in [0.5, 0.6) is 0 Å². The summed E-state index contributed by atoms with van der Waals surface area (Å²) in [5.41, 5.74) is 0. The second-order valence-corrected chi connectivity index (χ2v) is 21.6. The molecule has 1 unspecified atom stereocenters. The van der Waals surface area contributed by atoms with Gasteiger partial charge in [-0.3, -0.25) is 14.4 Å². The van der Waals surface area contributed by atoms with Gasteiger partial charge in [0, 0.05) is 19.3 Å². The van der Waals surface area contributed by atoms with E-state index in [1.54, 1.807) is 0 Å². The molecule has 1 atom stereocenters. The molecule has 6 nitrogen and oxygen atoms in total. The number of hydrogen-bond donors (Lipinski definition) is 0. The standard InChI is InChI=1S/C75H122O6/c1-4-7-10-13-16-19-22-25-28-30-32-34-35-36-37-38-39-41-42-44-47-50-53-56-59-62-65-68-74(77)80-71-72(70-79-73(76)67-64-61-58-55-52-49-46-27-24-21-18-15-12-9-6-3)81-75(78)69-66-63-60-57-54-51-48-45-43-40-33-31-29-26-23-20-17-14-11-8-5-2/h7-8,10-11,16-17,19-20,25-26,28-29,32-34,36-37,39-41,44-45,47-48,72H,4-6,9,12-15,18,21-24,27,30-31,35,38,42-43,46,49-71H2,1-3H3/b10-7-,11-8-,19-16-,20-17-,28-25-,29-26-,34-32-,37-36-,40-33-,41-39-,47-44-,48-45-. The van der Waals surface area contributed by atoms with Crippen molar-refractivity contribution >= 4 is 17.9 Å². The van der Waals surface area contributed by atoms with Crippen molar-refractivity contribution in [3.05, 3.63) is 146 Å². The van der Waals surface area contributed by atoms with Crippen LogP contribution in [0.25, 0.3) is 0 Å². The minimum absolute atomic E-state index is 0.0950. The average molecular weight is 1120 g/mol. The summed E-state index contributed by atoms with van der Waals surface area (Å²) in [4.78, 5) is 38.4. The van der Waals surface area contributed by atoms with Gasteiger partial charge in [0.05, 0.1) is 0 Å². The third-order valence-corrected chi connectivity index (χ3v) is 13.8. The Morgan fingerprint density at radius 2 is 0.481 bits per heavy atom. The zero-order valence-corrected chi connectivity index (χ0v) is 52.5. The molecule has 0 saturated heterocycles. The summed E-state index contributed by atoms with van der Waals surface area (Å²) in [6.07, 6.45) is 97.0. The van der Waals surface area contributed by atoms with Gasteiger partial charge in [-0.25, -0.2) is 0 Å². The van der Waals surface area contributed by atoms with Gasteiger partial charge < -0.3 is 14.2 Å². The van der Waals surface area contributed by atoms with Crippen LogP contribution in [0.15, 0.2) is 146 Å². The molecule has 0 bridgehead atoms. The molecule has 0 rings (SSSR count). The molecule has 0 aliphatic heterocycles. The van der Waals surface area contributed by atoms with Gasteiger partial charge in [0.25, 0.3) is 0 Å². The Balaban J connectivity index is 4.46. The monoisotopic (exact) mass is 1120 g/mol. The van der Waals surface area contributed by atoms with Crippen LogP contribution in [0, 0.1) is 0 Å². The number of hydrogen-bond acceptors (Lipinski definition) is 6. The van der Waals surface area contributed by atoms with E-state index < -0.39 is 6.10 Å². The van der Waals surface area contributed by atoms with E-state index in [0.29, 0.717) is 19.3 Å². The zero-order chi connectivity index (χ0) is 58.5. The smallest absolute Gasteiger partial charge is 0.306 e. The fraction of sp³-hybridized carbons (Fsp3) is 0.640. The lowest BCUT2D eigenvalue weighted by Gasteiger charge is -2.18. The second kappa shape index (κ2) is 67.8. The highest BCUT2D eigenvalue weighted by Crippen LogP contribution is 2.16. The van der Waals surface area contributed by atoms with E-state index in [1.165, 1.54) is 77.0 Å². The van der Waals surface area contributed by atoms with E-state index in [-0.39, 0.29) is 31.1 Å². The van der Waals surface area contributed by atoms with Gasteiger partial charge in [0.2, 0.25) is 0 Å². The normalized spacial score (nSPS) is 13.1. The molecule has 0 heterocycles. The Morgan fingerprint density at radius 3 is 0.753 bits per heavy atom. The summed E-state index contributed by atoms with van der Waals surface area (Å²) in [6, 6.07) is 0. The molecule has 0 saturated carbocycles. The predicted molar refractivity (Wildman–Crippen MR) is 352 cm³/mol. The lowest BCUT2D eigenvalue weighted by Crippen LogP contribution is -2.30. The topological polar surface area (TPSA) is 78.9 Å². The van der Waals surface area contributed by atoms with E-state index in [0.717, 1.165) is 173 Å². The van der Waals surface area contributed by atoms with Crippen LogP contribution in [0.2, 0.25) is 0 Å². The van der Waals surface area contributed by atoms with Gasteiger partial charge in [0.15, 0.2) is 6.10 Å². The third kappa shape index (κ3) is 66.0. The fourth-order valence-corrected chi connectivity index (χ4v) is 8.92. The van der Waals surface area contributed by atoms with E-state index in [4.69, 9.17) is 14.2 Å². The van der Waals surface area contributed by atoms with E-state index in [2.05, 4.69) is 167 Å². The number of rotatable bonds is 59. The molecule has 458 valence electrons. The highest BCUT2D eigenvalue weighted by atomic mass is 16.6. The molecule has 0 amide bonds. The maximum atomic E-state index is 12.9. The minimum atomic E-state index is -0.803. The summed E-state index contributed by atoms with van der Waals surface area (Å²) in [5.74, 6) is -0.930. The first-order valence-corrected chi connectivity index (χ1v) is 33.3. The Kier molecular flexibility index (Phi) is 63.9. The Bertz CT molecular complexity index is 1760. The van der Waals surface area contributed by atoms with Crippen molar-refractivity contribution < 1.29 is 28.6 Å². The number of allylic oxidation sites excluding steroid dienone is 24. The molecule has 0 spiro atoms. The van der Waals surface area contributed by atoms with Crippen LogP contribution in [0.1, 0.15) is 290 Å². The van der Waals surface area contributed by atoms with Crippen LogP contribution in [-0.4, -0.2) is 37.2 Å². The maximum absolute atomic E-state index is 12.9. The highest BCUT2D eigenvalue weighted by molar-refractivity contribution is 5.71. The summed E-state index contributed by atoms with van der Waals surface area (Å²) >= 11 is 0. The first-order chi connectivity index (χ1) is 40.0. The van der Waals surface area contributed by atoms with Gasteiger partial charge in [-0.15, -0.1) is 0 Å². The number of unbranched alkanes of at least 4 members (excludes halogenated alkanes) is 24. The van der Waals surface area contributed by atoms with Crippen molar-refractivity contribution in [2.75, 3.05) is 13.2 Å². The highest BCUT2D eigenvalue weighted by Gasteiger charge is 2.19. The van der Waals surface area contributed by atoms with Gasteiger partial charge in [-0.05, 0) is 122 Å². The van der Waals surface area contributed by atoms with Crippen molar-refractivity contribution in [1.82, 2.24) is 0 Å². The molecule has 0 N–H and O–H groups in total. The Hall–Kier alpha value is -4.71. The molecule has 0 aliphatic carbocycles. The minimum Gasteiger partial charge on any atom is -0.462 e. The van der Waals surface area contributed by atoms with Crippen LogP contribution in [0.3, 0.4) is 0 Å². The number of carbonyl (C=O) groups is 3. The van der Waals surface area contributed by atoms with E-state index in [9.17, 15) is 14.4 Å². The SMILES string of the molecule is CC/C=C\C/C=C\C/C=C\C/C=C\C/C=C\C/C=C\C/C=C\CCCCCCCC(=O)OCC(COC(=O)CCCCCCCCCCCCCCCCC)OC(=O)CCCCCCC/C=C\C/C=C\C/C=C\C/C=C\C/C=C\CC. The average Bonchev–Trinajstić information content (AvgIpc) is 3.47. The molecular formula is C75H122O6. The van der Waals surface area contributed by atoms with Crippen molar-refractivity contribution in [3.63, 3.8) is 0 Å². The first kappa shape index (κ1) is 76.3. The van der Waals surface area contributed by atoms with Crippen LogP contribution < -0.4 is 0 Å². The number of esters is 3. The third-order valence-electron chi connectivity index (χ3n) is 13.8. The number of ether oxygens (including phenoxy) is 3. The Labute approximate surface area is 499 Å². The van der Waals surface area contributed by atoms with Crippen molar-refractivity contribution in [2.45, 2.75) is 297 Å². The van der Waals surface area contributed by atoms with Crippen molar-refractivity contribution in [3.8, 4) is 0 Å². The Morgan fingerprint density at radius 1 is 0.259 bits per heavy atom. The zero-order valence-electron chi connectivity index (χ0n) is 52.5. The predicted octanol–water partition coefficient (Wildman–Crippen LogP) is 23.1. The summed E-state index contributed by atoms with van der Waals surface area (Å²) < 4.78 is 16.9. The largest absolute Gasteiger partial charge is 0.462 e. The summed E-state index contributed by atoms with van der Waals surface area (Å²) in [7, 11) is 0. The van der Waals surface area contributed by atoms with Gasteiger partial charge in [0.1, 0.15) is 13.2 Å². The molecule has 6 heteroatoms. The summed E-state index contributed by atoms with van der Waals surface area (Å²) in [6.45, 7) is 6.40. The van der Waals surface area contributed by atoms with E-state index >= 15 is 0 Å². The first-order valence-electron chi connectivity index (χ1n) is 33.3. The van der Waals surface area contributed by atoms with Crippen LogP contribution >= 0.6 is 0 Å². The van der Waals surface area contributed by atoms with Gasteiger partial charge >= 0.3 is 17.9 Å². The van der Waals surface area contributed by atoms with E-state index in [1.807, 2.05) is 0 Å². The molecule has 81 heavy (non-hydrogen) atoms. The summed E-state index contributed by atoms with van der Waals surface area (Å²) in [5, 5.41) is 0. The van der Waals surface area contributed by atoms with Gasteiger partial charge in [-0.2, -0.15) is 0 Å². The van der Waals surface area contributed by atoms with Crippen LogP contribution in [-0.2, 0) is 28.6 Å². The maximum Gasteiger partial charge on any atom is 0.306 e. The molecule has 0 aromatic rings.